The van der Waals surface area contributed by atoms with Gasteiger partial charge in [-0.15, -0.1) is 0 Å². The van der Waals surface area contributed by atoms with Gasteiger partial charge in [-0.25, -0.2) is 0 Å². The van der Waals surface area contributed by atoms with Crippen molar-refractivity contribution in [3.63, 3.8) is 0 Å². The molecule has 0 saturated heterocycles. The molecule has 1 saturated carbocycles. The predicted octanol–water partition coefficient (Wildman–Crippen LogP) is 6.75. The van der Waals surface area contributed by atoms with E-state index in [1.807, 2.05) is 0 Å². The van der Waals surface area contributed by atoms with E-state index in [2.05, 4.69) is 81.4 Å². The Labute approximate surface area is 185 Å². The maximum atomic E-state index is 6.29. The highest BCUT2D eigenvalue weighted by Crippen LogP contribution is 2.63. The minimum absolute atomic E-state index is 0.424. The number of benzene rings is 3. The molecule has 3 aromatic carbocycles. The van der Waals surface area contributed by atoms with Crippen molar-refractivity contribution in [3.8, 4) is 16.9 Å². The number of aryl methyl sites for hydroxylation is 2. The van der Waals surface area contributed by atoms with Gasteiger partial charge in [0.25, 0.3) is 0 Å². The van der Waals surface area contributed by atoms with E-state index >= 15 is 0 Å². The largest absolute Gasteiger partial charge is 0.489 e. The Morgan fingerprint density at radius 1 is 1.00 bits per heavy atom. The lowest BCUT2D eigenvalue weighted by Crippen LogP contribution is -2.06. The molecular formula is C29H31NO. The first-order chi connectivity index (χ1) is 15.0. The van der Waals surface area contributed by atoms with Gasteiger partial charge in [-0.3, -0.25) is 0 Å². The normalized spacial score (nSPS) is 18.5. The second-order valence-electron chi connectivity index (χ2n) is 9.41. The molecule has 31 heavy (non-hydrogen) atoms. The van der Waals surface area contributed by atoms with Crippen LogP contribution in [0.1, 0.15) is 52.1 Å². The summed E-state index contributed by atoms with van der Waals surface area (Å²) in [5.41, 5.74) is 16.8. The Balaban J connectivity index is 1.38. The summed E-state index contributed by atoms with van der Waals surface area (Å²) in [6.07, 6.45) is 7.65. The molecule has 5 rings (SSSR count). The molecule has 0 aliphatic heterocycles. The van der Waals surface area contributed by atoms with Gasteiger partial charge >= 0.3 is 0 Å². The van der Waals surface area contributed by atoms with Gasteiger partial charge in [0.15, 0.2) is 0 Å². The zero-order chi connectivity index (χ0) is 21.6. The minimum atomic E-state index is 0.424. The lowest BCUT2D eigenvalue weighted by molar-refractivity contribution is 0.305. The van der Waals surface area contributed by atoms with Crippen molar-refractivity contribution in [2.75, 3.05) is 0 Å². The van der Waals surface area contributed by atoms with E-state index < -0.39 is 0 Å². The van der Waals surface area contributed by atoms with Crippen LogP contribution in [0.4, 0.5) is 0 Å². The molecule has 2 N–H and O–H groups in total. The third kappa shape index (κ3) is 3.44. The predicted molar refractivity (Wildman–Crippen MR) is 128 cm³/mol. The van der Waals surface area contributed by atoms with Crippen LogP contribution in [0.25, 0.3) is 11.1 Å². The van der Waals surface area contributed by atoms with Crippen LogP contribution in [0.3, 0.4) is 0 Å². The number of ether oxygens (including phenoxy) is 1. The Morgan fingerprint density at radius 3 is 2.45 bits per heavy atom. The first-order valence-electron chi connectivity index (χ1n) is 11.3. The lowest BCUT2D eigenvalue weighted by atomic mass is 9.90. The first-order valence-corrected chi connectivity index (χ1v) is 11.3. The Morgan fingerprint density at radius 2 is 1.74 bits per heavy atom. The molecule has 0 heterocycles. The number of allylic oxidation sites excluding steroid dienone is 1. The smallest absolute Gasteiger partial charge is 0.120 e. The van der Waals surface area contributed by atoms with E-state index in [1.165, 1.54) is 57.3 Å². The van der Waals surface area contributed by atoms with Crippen molar-refractivity contribution in [2.45, 2.75) is 52.6 Å². The fourth-order valence-electron chi connectivity index (χ4n) is 5.53. The fourth-order valence-corrected chi connectivity index (χ4v) is 5.53. The van der Waals surface area contributed by atoms with Crippen molar-refractivity contribution < 1.29 is 4.74 Å². The lowest BCUT2D eigenvalue weighted by Gasteiger charge is -2.16. The summed E-state index contributed by atoms with van der Waals surface area (Å²) in [5.74, 6) is 1.43. The van der Waals surface area contributed by atoms with E-state index in [0.29, 0.717) is 17.9 Å². The molecule has 2 heteroatoms. The molecule has 1 atom stereocenters. The Hall–Kier alpha value is -3.00. The Kier molecular flexibility index (Phi) is 4.89. The van der Waals surface area contributed by atoms with Crippen LogP contribution in [-0.2, 0) is 13.0 Å². The summed E-state index contributed by atoms with van der Waals surface area (Å²) < 4.78 is 6.29. The van der Waals surface area contributed by atoms with Gasteiger partial charge < -0.3 is 10.5 Å². The van der Waals surface area contributed by atoms with Gasteiger partial charge in [-0.1, -0.05) is 48.5 Å². The van der Waals surface area contributed by atoms with E-state index in [-0.39, 0.29) is 0 Å². The zero-order valence-electron chi connectivity index (χ0n) is 18.7. The van der Waals surface area contributed by atoms with Crippen LogP contribution in [0.15, 0.2) is 66.9 Å². The standard InChI is InChI=1S/C29H31NO/c1-19-6-4-7-20(2)28(19)25-9-5-8-22(21(25)3)18-31-24-10-11-26-23(16-24)17-29(13-14-29)27(26)12-15-30/h4-12,15-16,27H,13-14,17-18,30H2,1-3H3/b15-12-. The molecule has 0 radical (unpaired) electrons. The summed E-state index contributed by atoms with van der Waals surface area (Å²) in [7, 11) is 0. The first kappa shape index (κ1) is 19.9. The van der Waals surface area contributed by atoms with Gasteiger partial charge in [0.05, 0.1) is 0 Å². The van der Waals surface area contributed by atoms with Crippen molar-refractivity contribution >= 4 is 0 Å². The van der Waals surface area contributed by atoms with Crippen molar-refractivity contribution in [1.82, 2.24) is 0 Å². The number of rotatable bonds is 5. The molecule has 158 valence electrons. The molecule has 3 aromatic rings. The molecule has 1 spiro atoms. The average molecular weight is 410 g/mol. The number of hydrogen-bond donors (Lipinski definition) is 1. The van der Waals surface area contributed by atoms with E-state index in [4.69, 9.17) is 10.5 Å². The molecule has 0 bridgehead atoms. The van der Waals surface area contributed by atoms with Crippen LogP contribution < -0.4 is 10.5 Å². The van der Waals surface area contributed by atoms with E-state index in [1.54, 1.807) is 6.20 Å². The van der Waals surface area contributed by atoms with Gasteiger partial charge in [0.2, 0.25) is 0 Å². The maximum absolute atomic E-state index is 6.29. The third-order valence-corrected chi connectivity index (χ3v) is 7.44. The number of fused-ring (bicyclic) bond motifs is 1. The van der Waals surface area contributed by atoms with Crippen LogP contribution in [-0.4, -0.2) is 0 Å². The molecule has 1 unspecified atom stereocenters. The van der Waals surface area contributed by atoms with Crippen LogP contribution in [0.2, 0.25) is 0 Å². The van der Waals surface area contributed by atoms with E-state index in [0.717, 1.165) is 12.2 Å². The van der Waals surface area contributed by atoms with Gasteiger partial charge in [0, 0.05) is 5.92 Å². The third-order valence-electron chi connectivity index (χ3n) is 7.44. The number of nitrogens with two attached hydrogens (primary N) is 1. The van der Waals surface area contributed by atoms with Crippen molar-refractivity contribution in [2.24, 2.45) is 11.1 Å². The second-order valence-corrected chi connectivity index (χ2v) is 9.41. The molecule has 0 aromatic heterocycles. The summed E-state index contributed by atoms with van der Waals surface area (Å²) in [4.78, 5) is 0. The van der Waals surface area contributed by atoms with Crippen molar-refractivity contribution in [3.05, 3.63) is 100 Å². The van der Waals surface area contributed by atoms with Crippen molar-refractivity contribution in [1.29, 1.82) is 0 Å². The average Bonchev–Trinajstić information content (AvgIpc) is 3.46. The Bertz CT molecular complexity index is 1150. The summed E-state index contributed by atoms with van der Waals surface area (Å²) in [6, 6.07) is 19.7. The molecule has 2 aliphatic rings. The van der Waals surface area contributed by atoms with Crippen LogP contribution in [0, 0.1) is 26.2 Å². The highest BCUT2D eigenvalue weighted by atomic mass is 16.5. The van der Waals surface area contributed by atoms with Gasteiger partial charge in [-0.2, -0.15) is 0 Å². The van der Waals surface area contributed by atoms with E-state index in [9.17, 15) is 0 Å². The molecule has 0 amide bonds. The SMILES string of the molecule is Cc1cccc(C)c1-c1cccc(COc2ccc3c(c2)CC2(CC2)C3/C=C\N)c1C. The molecule has 1 fully saturated rings. The zero-order valence-corrected chi connectivity index (χ0v) is 18.7. The van der Waals surface area contributed by atoms with Gasteiger partial charge in [0.1, 0.15) is 12.4 Å². The summed E-state index contributed by atoms with van der Waals surface area (Å²) in [6.45, 7) is 7.17. The summed E-state index contributed by atoms with van der Waals surface area (Å²) in [5, 5.41) is 0. The van der Waals surface area contributed by atoms with Crippen LogP contribution >= 0.6 is 0 Å². The molecule has 2 aliphatic carbocycles. The fraction of sp³-hybridized carbons (Fsp3) is 0.310. The highest BCUT2D eigenvalue weighted by Gasteiger charge is 2.53. The van der Waals surface area contributed by atoms with Crippen LogP contribution in [0.5, 0.6) is 5.75 Å². The monoisotopic (exact) mass is 409 g/mol. The topological polar surface area (TPSA) is 35.2 Å². The second kappa shape index (κ2) is 7.60. The quantitative estimate of drug-likeness (QED) is 0.506. The highest BCUT2D eigenvalue weighted by molar-refractivity contribution is 5.74. The summed E-state index contributed by atoms with van der Waals surface area (Å²) >= 11 is 0. The maximum Gasteiger partial charge on any atom is 0.120 e. The molecular weight excluding hydrogens is 378 g/mol. The molecule has 2 nitrogen and oxygen atoms in total. The van der Waals surface area contributed by atoms with Gasteiger partial charge in [-0.05, 0) is 108 Å². The minimum Gasteiger partial charge on any atom is -0.489 e. The number of hydrogen-bond acceptors (Lipinski definition) is 2.